The number of hydrogen-bond donors (Lipinski definition) is 1. The molecule has 0 saturated carbocycles. The molecule has 1 N–H and O–H groups in total. The number of benzene rings is 2. The molecule has 5 aromatic rings. The van der Waals surface area contributed by atoms with E-state index >= 15 is 0 Å². The number of hydrogen-bond acceptors (Lipinski definition) is 8. The van der Waals surface area contributed by atoms with Crippen LogP contribution in [0.2, 0.25) is 0 Å². The van der Waals surface area contributed by atoms with Crippen molar-refractivity contribution >= 4 is 11.1 Å². The zero-order valence-corrected chi connectivity index (χ0v) is 19.5. The number of fused-ring (bicyclic) bond motifs is 1. The average Bonchev–Trinajstić information content (AvgIpc) is 3.57. The number of nitrogens with one attached hydrogen (secondary N) is 1. The number of H-pyrrole nitrogens is 1. The maximum Gasteiger partial charge on any atom is 0.230 e. The molecule has 0 saturated heterocycles. The highest BCUT2D eigenvalue weighted by atomic mass is 16.5. The summed E-state index contributed by atoms with van der Waals surface area (Å²) in [5.74, 6) is 2.32. The normalized spacial score (nSPS) is 11.2. The predicted octanol–water partition coefficient (Wildman–Crippen LogP) is 4.66. The fourth-order valence-corrected chi connectivity index (χ4v) is 4.06. The van der Waals surface area contributed by atoms with Crippen LogP contribution in [-0.2, 0) is 17.6 Å². The number of tetrazole rings is 1. The minimum absolute atomic E-state index is 0.582. The lowest BCUT2D eigenvalue weighted by Crippen LogP contribution is -2.02. The topological polar surface area (TPSA) is 112 Å². The molecule has 0 aliphatic carbocycles. The Hall–Kier alpha value is -4.11. The van der Waals surface area contributed by atoms with Gasteiger partial charge >= 0.3 is 0 Å². The molecule has 0 aliphatic heterocycles. The maximum absolute atomic E-state index is 6.31. The summed E-state index contributed by atoms with van der Waals surface area (Å²) in [4.78, 5) is 9.09. The molecule has 2 aromatic carbocycles. The van der Waals surface area contributed by atoms with Crippen molar-refractivity contribution in [1.82, 2.24) is 30.6 Å². The summed E-state index contributed by atoms with van der Waals surface area (Å²) in [7, 11) is 1.67. The summed E-state index contributed by atoms with van der Waals surface area (Å²) < 4.78 is 17.4. The van der Waals surface area contributed by atoms with Gasteiger partial charge in [-0.15, -0.1) is 5.10 Å². The molecular weight excluding hydrogens is 444 g/mol. The first-order valence-electron chi connectivity index (χ1n) is 11.6. The largest absolute Gasteiger partial charge is 0.497 e. The monoisotopic (exact) mass is 470 g/mol. The SMILES string of the molecule is COc1ccc(-c2c(-c3ccccc3)oc3ncnc(CCCCOCCc4nnn[nH]4)c23)cc1. The molecule has 0 unspecified atom stereocenters. The highest BCUT2D eigenvalue weighted by Crippen LogP contribution is 2.41. The highest BCUT2D eigenvalue weighted by molar-refractivity contribution is 6.01. The van der Waals surface area contributed by atoms with Crippen molar-refractivity contribution in [2.45, 2.75) is 25.7 Å². The van der Waals surface area contributed by atoms with Gasteiger partial charge in [0.25, 0.3) is 0 Å². The van der Waals surface area contributed by atoms with E-state index in [0.717, 1.165) is 64.4 Å². The third kappa shape index (κ3) is 5.20. The molecule has 0 amide bonds. The Bertz CT molecular complexity index is 1350. The molecule has 0 fully saturated rings. The van der Waals surface area contributed by atoms with E-state index in [4.69, 9.17) is 13.9 Å². The molecule has 0 atom stereocenters. The number of aromatic nitrogens is 6. The van der Waals surface area contributed by atoms with Gasteiger partial charge in [0.15, 0.2) is 5.82 Å². The summed E-state index contributed by atoms with van der Waals surface area (Å²) in [5, 5.41) is 14.7. The molecule has 3 heterocycles. The van der Waals surface area contributed by atoms with Gasteiger partial charge in [0.2, 0.25) is 5.71 Å². The number of rotatable bonds is 11. The third-order valence-corrected chi connectivity index (χ3v) is 5.81. The fraction of sp³-hybridized carbons (Fsp3) is 0.269. The maximum atomic E-state index is 6.31. The van der Waals surface area contributed by atoms with E-state index in [1.54, 1.807) is 13.4 Å². The van der Waals surface area contributed by atoms with E-state index in [9.17, 15) is 0 Å². The smallest absolute Gasteiger partial charge is 0.230 e. The van der Waals surface area contributed by atoms with Crippen molar-refractivity contribution in [2.75, 3.05) is 20.3 Å². The van der Waals surface area contributed by atoms with Crippen LogP contribution in [0.1, 0.15) is 24.4 Å². The summed E-state index contributed by atoms with van der Waals surface area (Å²) in [6.07, 6.45) is 4.90. The van der Waals surface area contributed by atoms with Crippen molar-refractivity contribution in [1.29, 1.82) is 0 Å². The van der Waals surface area contributed by atoms with E-state index in [1.165, 1.54) is 0 Å². The van der Waals surface area contributed by atoms with Gasteiger partial charge in [-0.3, -0.25) is 0 Å². The molecule has 0 aliphatic rings. The number of aryl methyl sites for hydroxylation is 1. The second-order valence-corrected chi connectivity index (χ2v) is 8.07. The van der Waals surface area contributed by atoms with Crippen LogP contribution in [0.4, 0.5) is 0 Å². The lowest BCUT2D eigenvalue weighted by atomic mass is 9.97. The van der Waals surface area contributed by atoms with Gasteiger partial charge < -0.3 is 13.9 Å². The standard InChI is InChI=1S/C26H26N6O3/c1-33-20-12-10-18(11-13-20)23-24-21(9-5-6-15-34-16-14-22-29-31-32-30-22)27-17-28-26(24)35-25(23)19-7-3-2-4-8-19/h2-4,7-8,10-13,17H,5-6,9,14-16H2,1H3,(H,29,30,31,32). The van der Waals surface area contributed by atoms with Crippen LogP contribution in [0.5, 0.6) is 5.75 Å². The van der Waals surface area contributed by atoms with Crippen LogP contribution in [-0.4, -0.2) is 50.9 Å². The predicted molar refractivity (Wildman–Crippen MR) is 131 cm³/mol. The van der Waals surface area contributed by atoms with E-state index in [-0.39, 0.29) is 0 Å². The highest BCUT2D eigenvalue weighted by Gasteiger charge is 2.21. The number of unbranched alkanes of at least 4 members (excludes halogenated alkanes) is 1. The van der Waals surface area contributed by atoms with E-state index < -0.39 is 0 Å². The van der Waals surface area contributed by atoms with Crippen molar-refractivity contribution < 1.29 is 13.9 Å². The molecule has 3 aromatic heterocycles. The number of nitrogens with zero attached hydrogens (tertiary/aromatic N) is 5. The second-order valence-electron chi connectivity index (χ2n) is 8.07. The lowest BCUT2D eigenvalue weighted by Gasteiger charge is -2.08. The van der Waals surface area contributed by atoms with Crippen molar-refractivity contribution in [3.63, 3.8) is 0 Å². The first kappa shape index (κ1) is 22.7. The Morgan fingerprint density at radius 1 is 0.886 bits per heavy atom. The number of ether oxygens (including phenoxy) is 2. The minimum atomic E-state index is 0.582. The summed E-state index contributed by atoms with van der Waals surface area (Å²) in [6, 6.07) is 18.1. The Morgan fingerprint density at radius 2 is 1.74 bits per heavy atom. The third-order valence-electron chi connectivity index (χ3n) is 5.81. The van der Waals surface area contributed by atoms with Gasteiger partial charge in [0.1, 0.15) is 17.8 Å². The molecule has 5 rings (SSSR count). The Balaban J connectivity index is 1.37. The van der Waals surface area contributed by atoms with Gasteiger partial charge in [0.05, 0.1) is 24.8 Å². The first-order chi connectivity index (χ1) is 17.3. The summed E-state index contributed by atoms with van der Waals surface area (Å²) in [5.41, 5.74) is 4.60. The van der Waals surface area contributed by atoms with Crippen LogP contribution in [0.3, 0.4) is 0 Å². The molecule has 178 valence electrons. The van der Waals surface area contributed by atoms with Crippen LogP contribution in [0, 0.1) is 0 Å². The summed E-state index contributed by atoms with van der Waals surface area (Å²) in [6.45, 7) is 1.25. The minimum Gasteiger partial charge on any atom is -0.497 e. The average molecular weight is 471 g/mol. The zero-order valence-electron chi connectivity index (χ0n) is 19.5. The van der Waals surface area contributed by atoms with Crippen LogP contribution >= 0.6 is 0 Å². The van der Waals surface area contributed by atoms with Gasteiger partial charge in [-0.2, -0.15) is 0 Å². The van der Waals surface area contributed by atoms with Crippen molar-refractivity contribution in [3.05, 3.63) is 72.4 Å². The van der Waals surface area contributed by atoms with E-state index in [0.29, 0.717) is 25.3 Å². The molecule has 0 bridgehead atoms. The number of aromatic amines is 1. The summed E-state index contributed by atoms with van der Waals surface area (Å²) >= 11 is 0. The van der Waals surface area contributed by atoms with Gasteiger partial charge in [-0.25, -0.2) is 15.1 Å². The fourth-order valence-electron chi connectivity index (χ4n) is 4.06. The first-order valence-corrected chi connectivity index (χ1v) is 11.6. The van der Waals surface area contributed by atoms with Crippen LogP contribution in [0.15, 0.2) is 65.3 Å². The van der Waals surface area contributed by atoms with Crippen molar-refractivity contribution in [3.8, 4) is 28.2 Å². The molecule has 0 spiro atoms. The zero-order chi connectivity index (χ0) is 23.9. The van der Waals surface area contributed by atoms with E-state index in [2.05, 4.69) is 30.6 Å². The molecule has 0 radical (unpaired) electrons. The van der Waals surface area contributed by atoms with Gasteiger partial charge in [-0.05, 0) is 47.4 Å². The number of methoxy groups -OCH3 is 1. The van der Waals surface area contributed by atoms with Gasteiger partial charge in [-0.1, -0.05) is 42.5 Å². The van der Waals surface area contributed by atoms with Crippen LogP contribution in [0.25, 0.3) is 33.6 Å². The molecule has 9 nitrogen and oxygen atoms in total. The number of furan rings is 1. The van der Waals surface area contributed by atoms with Crippen LogP contribution < -0.4 is 4.74 Å². The van der Waals surface area contributed by atoms with Crippen molar-refractivity contribution in [2.24, 2.45) is 0 Å². The van der Waals surface area contributed by atoms with E-state index in [1.807, 2.05) is 54.6 Å². The quantitative estimate of drug-likeness (QED) is 0.277. The Kier molecular flexibility index (Phi) is 7.05. The Morgan fingerprint density at radius 3 is 2.51 bits per heavy atom. The molecule has 9 heteroatoms. The van der Waals surface area contributed by atoms with Gasteiger partial charge in [0, 0.05) is 24.2 Å². The second kappa shape index (κ2) is 10.9. The Labute approximate surface area is 202 Å². The molecular formula is C26H26N6O3. The lowest BCUT2D eigenvalue weighted by molar-refractivity contribution is 0.132. The molecule has 35 heavy (non-hydrogen) atoms.